The topological polar surface area (TPSA) is 55.7 Å². The van der Waals surface area contributed by atoms with Crippen LogP contribution in [-0.4, -0.2) is 24.9 Å². The molecule has 1 aromatic heterocycles. The van der Waals surface area contributed by atoms with Crippen LogP contribution in [0.5, 0.6) is 11.5 Å². The molecule has 0 aliphatic heterocycles. The van der Waals surface area contributed by atoms with Crippen LogP contribution in [0.15, 0.2) is 46.9 Å². The maximum absolute atomic E-state index is 5.94. The van der Waals surface area contributed by atoms with Crippen molar-refractivity contribution in [2.75, 3.05) is 19.6 Å². The third-order valence-corrected chi connectivity index (χ3v) is 5.48. The molecule has 1 aliphatic rings. The molecule has 0 saturated carbocycles. The lowest BCUT2D eigenvalue weighted by Crippen LogP contribution is -2.01. The zero-order chi connectivity index (χ0) is 18.8. The van der Waals surface area contributed by atoms with Crippen molar-refractivity contribution in [3.05, 3.63) is 57.9 Å². The van der Waals surface area contributed by atoms with E-state index in [9.17, 15) is 0 Å². The molecule has 1 aliphatic carbocycles. The van der Waals surface area contributed by atoms with Gasteiger partial charge in [0.1, 0.15) is 0 Å². The summed E-state index contributed by atoms with van der Waals surface area (Å²) >= 11 is 7.46. The van der Waals surface area contributed by atoms with Gasteiger partial charge in [0.05, 0.1) is 25.6 Å². The van der Waals surface area contributed by atoms with Gasteiger partial charge in [-0.25, -0.2) is 4.98 Å². The van der Waals surface area contributed by atoms with Gasteiger partial charge in [0.25, 0.3) is 0 Å². The van der Waals surface area contributed by atoms with Crippen LogP contribution in [0.25, 0.3) is 11.3 Å². The van der Waals surface area contributed by atoms with Crippen molar-refractivity contribution >= 4 is 33.8 Å². The number of thiazole rings is 1. The first kappa shape index (κ1) is 17.8. The fourth-order valence-corrected chi connectivity index (χ4v) is 3.88. The van der Waals surface area contributed by atoms with Crippen LogP contribution in [0.4, 0.5) is 5.13 Å². The van der Waals surface area contributed by atoms with E-state index >= 15 is 0 Å². The maximum Gasteiger partial charge on any atom is 0.203 e. The summed E-state index contributed by atoms with van der Waals surface area (Å²) in [5, 5.41) is 8.05. The summed E-state index contributed by atoms with van der Waals surface area (Å²) in [7, 11) is 3.29. The molecule has 0 radical (unpaired) electrons. The third kappa shape index (κ3) is 3.63. The average Bonchev–Trinajstić information content (AvgIpc) is 3.32. The number of benzene rings is 2. The van der Waals surface area contributed by atoms with E-state index in [0.29, 0.717) is 10.8 Å². The van der Waals surface area contributed by atoms with Crippen molar-refractivity contribution in [3.63, 3.8) is 0 Å². The van der Waals surface area contributed by atoms with Crippen molar-refractivity contribution < 1.29 is 9.47 Å². The molecule has 4 rings (SSSR count). The minimum atomic E-state index is 0.713. The largest absolute Gasteiger partial charge is 0.493 e. The highest BCUT2D eigenvalue weighted by atomic mass is 35.5. The molecular formula is C20H18ClN3O2S. The minimum Gasteiger partial charge on any atom is -0.493 e. The normalized spacial score (nSPS) is 14.3. The van der Waals surface area contributed by atoms with Gasteiger partial charge in [0.15, 0.2) is 11.5 Å². The van der Waals surface area contributed by atoms with Crippen LogP contribution < -0.4 is 14.9 Å². The van der Waals surface area contributed by atoms with Crippen molar-refractivity contribution in [3.8, 4) is 22.8 Å². The fourth-order valence-electron chi connectivity index (χ4n) is 3.09. The number of anilines is 1. The Morgan fingerprint density at radius 1 is 1.07 bits per heavy atom. The highest BCUT2D eigenvalue weighted by Crippen LogP contribution is 2.35. The summed E-state index contributed by atoms with van der Waals surface area (Å²) in [6.07, 6.45) is 1.80. The highest BCUT2D eigenvalue weighted by molar-refractivity contribution is 7.14. The SMILES string of the molecule is COc1cc2c(cc1OC)/C(=N/Nc1nc(-c3ccc(Cl)cc3)cs1)CC2. The molecule has 2 aromatic carbocycles. The molecular weight excluding hydrogens is 382 g/mol. The van der Waals surface area contributed by atoms with E-state index in [1.807, 2.05) is 41.8 Å². The lowest BCUT2D eigenvalue weighted by molar-refractivity contribution is 0.354. The molecule has 0 amide bonds. The lowest BCUT2D eigenvalue weighted by atomic mass is 10.1. The van der Waals surface area contributed by atoms with Gasteiger partial charge in [-0.1, -0.05) is 23.7 Å². The van der Waals surface area contributed by atoms with E-state index in [2.05, 4.69) is 15.5 Å². The smallest absolute Gasteiger partial charge is 0.203 e. The molecule has 0 unspecified atom stereocenters. The molecule has 138 valence electrons. The van der Waals surface area contributed by atoms with E-state index < -0.39 is 0 Å². The van der Waals surface area contributed by atoms with E-state index in [-0.39, 0.29) is 0 Å². The predicted octanol–water partition coefficient (Wildman–Crippen LogP) is 5.24. The number of nitrogens with zero attached hydrogens (tertiary/aromatic N) is 2. The Morgan fingerprint density at radius 2 is 1.81 bits per heavy atom. The van der Waals surface area contributed by atoms with Crippen LogP contribution in [0.3, 0.4) is 0 Å². The number of aromatic nitrogens is 1. The van der Waals surface area contributed by atoms with Crippen LogP contribution >= 0.6 is 22.9 Å². The Balaban J connectivity index is 1.54. The van der Waals surface area contributed by atoms with Gasteiger partial charge in [-0.05, 0) is 42.7 Å². The second-order valence-corrected chi connectivity index (χ2v) is 7.37. The summed E-state index contributed by atoms with van der Waals surface area (Å²) < 4.78 is 10.8. The molecule has 0 spiro atoms. The molecule has 3 aromatic rings. The average molecular weight is 400 g/mol. The number of fused-ring (bicyclic) bond motifs is 1. The molecule has 0 bridgehead atoms. The second kappa shape index (κ2) is 7.58. The van der Waals surface area contributed by atoms with Gasteiger partial charge in [-0.2, -0.15) is 5.10 Å². The molecule has 1 heterocycles. The van der Waals surface area contributed by atoms with E-state index in [4.69, 9.17) is 21.1 Å². The minimum absolute atomic E-state index is 0.713. The number of hydrogen-bond acceptors (Lipinski definition) is 6. The van der Waals surface area contributed by atoms with Crippen molar-refractivity contribution in [2.45, 2.75) is 12.8 Å². The van der Waals surface area contributed by atoms with Crippen molar-refractivity contribution in [2.24, 2.45) is 5.10 Å². The van der Waals surface area contributed by atoms with Crippen LogP contribution in [0.1, 0.15) is 17.5 Å². The molecule has 0 fully saturated rings. The number of hydrazone groups is 1. The van der Waals surface area contributed by atoms with Gasteiger partial charge in [-0.3, -0.25) is 5.43 Å². The zero-order valence-corrected chi connectivity index (χ0v) is 16.5. The van der Waals surface area contributed by atoms with Crippen LogP contribution in [-0.2, 0) is 6.42 Å². The third-order valence-electron chi connectivity index (χ3n) is 4.48. The number of aryl methyl sites for hydroxylation is 1. The number of nitrogens with one attached hydrogen (secondary N) is 1. The molecule has 27 heavy (non-hydrogen) atoms. The van der Waals surface area contributed by atoms with Gasteiger partial charge < -0.3 is 9.47 Å². The Hall–Kier alpha value is -2.57. The molecule has 7 heteroatoms. The van der Waals surface area contributed by atoms with E-state index in [1.54, 1.807) is 14.2 Å². The molecule has 5 nitrogen and oxygen atoms in total. The Bertz CT molecular complexity index is 999. The summed E-state index contributed by atoms with van der Waals surface area (Å²) in [6.45, 7) is 0. The summed E-state index contributed by atoms with van der Waals surface area (Å²) in [6, 6.07) is 11.7. The van der Waals surface area contributed by atoms with Gasteiger partial charge in [0, 0.05) is 21.5 Å². The first-order valence-electron chi connectivity index (χ1n) is 8.47. The quantitative estimate of drug-likeness (QED) is 0.596. The number of methoxy groups -OCH3 is 2. The second-order valence-electron chi connectivity index (χ2n) is 6.08. The number of hydrogen-bond donors (Lipinski definition) is 1. The van der Waals surface area contributed by atoms with E-state index in [1.165, 1.54) is 16.9 Å². The Morgan fingerprint density at radius 3 is 2.56 bits per heavy atom. The molecule has 1 N–H and O–H groups in total. The zero-order valence-electron chi connectivity index (χ0n) is 15.0. The first-order valence-corrected chi connectivity index (χ1v) is 9.73. The fraction of sp³-hybridized carbons (Fsp3) is 0.200. The van der Waals surface area contributed by atoms with E-state index in [0.717, 1.165) is 46.3 Å². The van der Waals surface area contributed by atoms with Crippen molar-refractivity contribution in [1.29, 1.82) is 0 Å². The summed E-state index contributed by atoms with van der Waals surface area (Å²) in [5.74, 6) is 1.46. The standard InChI is InChI=1S/C20H18ClN3O2S/c1-25-18-9-13-5-8-16(15(13)10-19(18)26-2)23-24-20-22-17(11-27-20)12-3-6-14(21)7-4-12/h3-4,6-7,9-11H,5,8H2,1-2H3,(H,22,24)/b23-16+. The summed E-state index contributed by atoms with van der Waals surface area (Å²) in [4.78, 5) is 4.60. The van der Waals surface area contributed by atoms with Gasteiger partial charge in [0.2, 0.25) is 5.13 Å². The Kier molecular flexibility index (Phi) is 5.01. The summed E-state index contributed by atoms with van der Waals surface area (Å²) in [5.41, 5.74) is 8.32. The van der Waals surface area contributed by atoms with Gasteiger partial charge >= 0.3 is 0 Å². The highest BCUT2D eigenvalue weighted by Gasteiger charge is 2.21. The number of halogens is 1. The maximum atomic E-state index is 5.94. The number of rotatable bonds is 5. The first-order chi connectivity index (χ1) is 13.2. The molecule has 0 atom stereocenters. The monoisotopic (exact) mass is 399 g/mol. The molecule has 0 saturated heterocycles. The van der Waals surface area contributed by atoms with Crippen LogP contribution in [0.2, 0.25) is 5.02 Å². The predicted molar refractivity (Wildman–Crippen MR) is 111 cm³/mol. The van der Waals surface area contributed by atoms with Crippen molar-refractivity contribution in [1.82, 2.24) is 4.98 Å². The lowest BCUT2D eigenvalue weighted by Gasteiger charge is -2.10. The van der Waals surface area contributed by atoms with Crippen LogP contribution in [0, 0.1) is 0 Å². The number of ether oxygens (including phenoxy) is 2. The Labute approximate surface area is 166 Å². The van der Waals surface area contributed by atoms with Gasteiger partial charge in [-0.15, -0.1) is 11.3 Å².